The highest BCUT2D eigenvalue weighted by molar-refractivity contribution is 5.96. The zero-order valence-corrected chi connectivity index (χ0v) is 13.4. The molecule has 2 aliphatic heterocycles. The van der Waals surface area contributed by atoms with Crippen molar-refractivity contribution in [2.24, 2.45) is 5.92 Å². The number of aromatic nitrogens is 3. The fourth-order valence-electron chi connectivity index (χ4n) is 3.07. The molecule has 24 heavy (non-hydrogen) atoms. The third-order valence-corrected chi connectivity index (χ3v) is 4.38. The van der Waals surface area contributed by atoms with Crippen molar-refractivity contribution >= 4 is 11.9 Å². The first-order chi connectivity index (χ1) is 11.7. The molecule has 1 fully saturated rings. The average molecular weight is 335 g/mol. The lowest BCUT2D eigenvalue weighted by Gasteiger charge is -2.32. The van der Waals surface area contributed by atoms with Crippen LogP contribution in [0.15, 0.2) is 24.0 Å². The lowest BCUT2D eigenvalue weighted by molar-refractivity contribution is -0.189. The summed E-state index contributed by atoms with van der Waals surface area (Å²) in [4.78, 5) is 34.6. The lowest BCUT2D eigenvalue weighted by Crippen LogP contribution is -2.35. The van der Waals surface area contributed by atoms with Crippen LogP contribution < -0.4 is 5.64 Å². The van der Waals surface area contributed by atoms with E-state index in [-0.39, 0.29) is 0 Å². The summed E-state index contributed by atoms with van der Waals surface area (Å²) in [6.07, 6.45) is 8.33. The van der Waals surface area contributed by atoms with E-state index in [1.54, 1.807) is 6.20 Å². The van der Waals surface area contributed by atoms with E-state index in [0.717, 1.165) is 45.4 Å². The molecule has 1 aromatic rings. The van der Waals surface area contributed by atoms with Crippen molar-refractivity contribution in [2.45, 2.75) is 32.2 Å². The minimum absolute atomic E-state index is 0.370. The van der Waals surface area contributed by atoms with Crippen molar-refractivity contribution in [1.82, 2.24) is 25.5 Å². The molecule has 130 valence electrons. The summed E-state index contributed by atoms with van der Waals surface area (Å²) in [6, 6.07) is 0. The molecule has 1 aromatic heterocycles. The van der Waals surface area contributed by atoms with Gasteiger partial charge in [0, 0.05) is 30.0 Å². The Balaban J connectivity index is 1.40. The Bertz CT molecular complexity index is 593. The van der Waals surface area contributed by atoms with Gasteiger partial charge in [-0.25, -0.2) is 9.59 Å². The van der Waals surface area contributed by atoms with Gasteiger partial charge in [-0.3, -0.25) is 4.68 Å². The first-order valence-corrected chi connectivity index (χ1v) is 8.15. The minimum Gasteiger partial charge on any atom is -0.331 e. The van der Waals surface area contributed by atoms with Gasteiger partial charge in [-0.1, -0.05) is 5.21 Å². The number of likely N-dealkylation sites (tertiary alicyclic amines) is 1. The van der Waals surface area contributed by atoms with Crippen LogP contribution in [0.5, 0.6) is 0 Å². The second-order valence-corrected chi connectivity index (χ2v) is 6.07. The van der Waals surface area contributed by atoms with Crippen LogP contribution in [0.25, 0.3) is 0 Å². The first-order valence-electron chi connectivity index (χ1n) is 8.15. The molecule has 9 nitrogen and oxygen atoms in total. The zero-order valence-electron chi connectivity index (χ0n) is 13.4. The number of carbonyl (C=O) groups excluding carboxylic acids is 2. The number of carbonyl (C=O) groups is 2. The largest absolute Gasteiger partial charge is 0.356 e. The molecular weight excluding hydrogens is 314 g/mol. The molecule has 3 rings (SSSR count). The third-order valence-electron chi connectivity index (χ3n) is 4.38. The van der Waals surface area contributed by atoms with Gasteiger partial charge >= 0.3 is 11.9 Å². The molecule has 0 amide bonds. The Morgan fingerprint density at radius 3 is 2.79 bits per heavy atom. The van der Waals surface area contributed by atoms with Crippen molar-refractivity contribution in [3.05, 3.63) is 24.0 Å². The summed E-state index contributed by atoms with van der Waals surface area (Å²) in [6.45, 7) is 3.88. The predicted molar refractivity (Wildman–Crippen MR) is 81.8 cm³/mol. The molecule has 1 N–H and O–H groups in total. The van der Waals surface area contributed by atoms with Gasteiger partial charge in [-0.15, -0.1) is 5.10 Å². The molecule has 0 bridgehead atoms. The minimum atomic E-state index is -0.610. The van der Waals surface area contributed by atoms with Gasteiger partial charge in [0.15, 0.2) is 0 Å². The molecule has 0 radical (unpaired) electrons. The maximum Gasteiger partial charge on any atom is 0.356 e. The van der Waals surface area contributed by atoms with E-state index in [2.05, 4.69) is 24.9 Å². The van der Waals surface area contributed by atoms with E-state index in [4.69, 9.17) is 0 Å². The number of hydrogen-bond donors (Lipinski definition) is 1. The highest BCUT2D eigenvalue weighted by Crippen LogP contribution is 2.25. The summed E-state index contributed by atoms with van der Waals surface area (Å²) in [5.41, 5.74) is 2.25. The Morgan fingerprint density at radius 1 is 1.21 bits per heavy atom. The van der Waals surface area contributed by atoms with Gasteiger partial charge in [0.1, 0.15) is 0 Å². The van der Waals surface area contributed by atoms with Crippen LogP contribution in [0.4, 0.5) is 0 Å². The molecule has 0 aromatic carbocycles. The molecule has 1 saturated heterocycles. The van der Waals surface area contributed by atoms with Crippen molar-refractivity contribution in [2.75, 3.05) is 19.6 Å². The summed E-state index contributed by atoms with van der Waals surface area (Å²) in [7, 11) is 0. The van der Waals surface area contributed by atoms with Gasteiger partial charge < -0.3 is 14.6 Å². The highest BCUT2D eigenvalue weighted by atomic mass is 16.9. The fraction of sp³-hybridized carbons (Fsp3) is 0.600. The molecule has 2 aliphatic rings. The maximum atomic E-state index is 11.7. The SMILES string of the molecule is O=C1C=C(CC2CCN(CCCn3ccnn3)CC2)C(=O)ONO1. The van der Waals surface area contributed by atoms with E-state index in [0.29, 0.717) is 17.9 Å². The summed E-state index contributed by atoms with van der Waals surface area (Å²) in [5, 5.41) is 7.74. The van der Waals surface area contributed by atoms with Gasteiger partial charge in [0.2, 0.25) is 0 Å². The third kappa shape index (κ3) is 4.62. The lowest BCUT2D eigenvalue weighted by atomic mass is 9.89. The van der Waals surface area contributed by atoms with Gasteiger partial charge in [0.25, 0.3) is 0 Å². The Morgan fingerprint density at radius 2 is 2.04 bits per heavy atom. The summed E-state index contributed by atoms with van der Waals surface area (Å²) >= 11 is 0. The van der Waals surface area contributed by atoms with Gasteiger partial charge in [0.05, 0.1) is 6.20 Å². The van der Waals surface area contributed by atoms with Crippen LogP contribution in [0.1, 0.15) is 25.7 Å². The highest BCUT2D eigenvalue weighted by Gasteiger charge is 2.25. The van der Waals surface area contributed by atoms with E-state index in [9.17, 15) is 9.59 Å². The van der Waals surface area contributed by atoms with Gasteiger partial charge in [-0.2, -0.15) is 0 Å². The molecule has 3 heterocycles. The van der Waals surface area contributed by atoms with E-state index in [1.165, 1.54) is 6.08 Å². The molecule has 0 spiro atoms. The average Bonchev–Trinajstić information content (AvgIpc) is 3.03. The molecular formula is C15H21N5O4. The van der Waals surface area contributed by atoms with Crippen molar-refractivity contribution in [3.8, 4) is 0 Å². The van der Waals surface area contributed by atoms with Crippen LogP contribution >= 0.6 is 0 Å². The standard InChI is InChI=1S/C15H21N5O4/c21-14-11-13(15(22)24-18-23-14)10-12-2-7-19(8-3-12)5-1-6-20-9-4-16-17-20/h4,9,11-12,18H,1-3,5-8,10H2. The van der Waals surface area contributed by atoms with Crippen molar-refractivity contribution in [3.63, 3.8) is 0 Å². The van der Waals surface area contributed by atoms with E-state index < -0.39 is 11.9 Å². The fourth-order valence-corrected chi connectivity index (χ4v) is 3.07. The zero-order chi connectivity index (χ0) is 16.8. The van der Waals surface area contributed by atoms with Gasteiger partial charge in [-0.05, 0) is 51.2 Å². The number of nitrogens with zero attached hydrogens (tertiary/aromatic N) is 4. The first kappa shape index (κ1) is 16.6. The van der Waals surface area contributed by atoms with Crippen LogP contribution in [0.3, 0.4) is 0 Å². The van der Waals surface area contributed by atoms with Crippen LogP contribution in [0, 0.1) is 5.92 Å². The predicted octanol–water partition coefficient (Wildman–Crippen LogP) is 0.216. The number of piperidine rings is 1. The molecule has 0 unspecified atom stereocenters. The number of rotatable bonds is 6. The molecule has 9 heteroatoms. The Kier molecular flexibility index (Phi) is 5.55. The number of hydrogen-bond acceptors (Lipinski definition) is 8. The van der Waals surface area contributed by atoms with Crippen LogP contribution in [-0.2, 0) is 25.8 Å². The smallest absolute Gasteiger partial charge is 0.331 e. The van der Waals surface area contributed by atoms with Crippen molar-refractivity contribution < 1.29 is 19.3 Å². The van der Waals surface area contributed by atoms with Crippen LogP contribution in [-0.4, -0.2) is 51.5 Å². The Hall–Kier alpha value is -2.26. The van der Waals surface area contributed by atoms with E-state index >= 15 is 0 Å². The topological polar surface area (TPSA) is 98.6 Å². The Labute approximate surface area is 139 Å². The summed E-state index contributed by atoms with van der Waals surface area (Å²) in [5.74, 6) is -0.779. The van der Waals surface area contributed by atoms with E-state index in [1.807, 2.05) is 16.5 Å². The molecule has 0 aliphatic carbocycles. The molecule has 0 saturated carbocycles. The number of aryl methyl sites for hydroxylation is 1. The molecule has 0 atom stereocenters. The normalized spacial score (nSPS) is 20.2. The number of nitrogens with one attached hydrogen (secondary N) is 1. The second-order valence-electron chi connectivity index (χ2n) is 6.07. The quantitative estimate of drug-likeness (QED) is 0.788. The van der Waals surface area contributed by atoms with Crippen molar-refractivity contribution in [1.29, 1.82) is 0 Å². The summed E-state index contributed by atoms with van der Waals surface area (Å²) < 4.78 is 1.84. The van der Waals surface area contributed by atoms with Crippen LogP contribution in [0.2, 0.25) is 0 Å². The maximum absolute atomic E-state index is 11.7. The second kappa shape index (κ2) is 8.02. The monoisotopic (exact) mass is 335 g/mol.